The first-order chi connectivity index (χ1) is 9.61. The van der Waals surface area contributed by atoms with Gasteiger partial charge in [-0.1, -0.05) is 105 Å². The molecule has 0 nitrogen and oxygen atoms in total. The van der Waals surface area contributed by atoms with Crippen molar-refractivity contribution in [3.8, 4) is 0 Å². The minimum atomic E-state index is 0.855. The van der Waals surface area contributed by atoms with Crippen LogP contribution in [0.1, 0.15) is 112 Å². The van der Waals surface area contributed by atoms with Crippen LogP contribution < -0.4 is 0 Å². The van der Waals surface area contributed by atoms with Gasteiger partial charge in [0.15, 0.2) is 0 Å². The highest BCUT2D eigenvalue weighted by Crippen LogP contribution is 2.28. The fourth-order valence-electron chi connectivity index (χ4n) is 3.07. The predicted molar refractivity (Wildman–Crippen MR) is 94.2 cm³/mol. The van der Waals surface area contributed by atoms with Crippen molar-refractivity contribution in [3.63, 3.8) is 0 Å². The van der Waals surface area contributed by atoms with Crippen LogP contribution >= 0.6 is 0 Å². The van der Waals surface area contributed by atoms with Crippen molar-refractivity contribution in [1.82, 2.24) is 0 Å². The van der Waals surface area contributed by atoms with E-state index in [4.69, 9.17) is 0 Å². The zero-order valence-electron chi connectivity index (χ0n) is 15.2. The van der Waals surface area contributed by atoms with Gasteiger partial charge in [0.1, 0.15) is 0 Å². The van der Waals surface area contributed by atoms with Crippen molar-refractivity contribution in [3.05, 3.63) is 0 Å². The summed E-state index contributed by atoms with van der Waals surface area (Å²) in [5.74, 6) is 2.76. The Bertz CT molecular complexity index is 182. The summed E-state index contributed by atoms with van der Waals surface area (Å²) in [5.41, 5.74) is 0. The van der Waals surface area contributed by atoms with E-state index in [1.165, 1.54) is 77.0 Å². The Morgan fingerprint density at radius 2 is 1.05 bits per heavy atom. The predicted octanol–water partition coefficient (Wildman–Crippen LogP) is 7.62. The van der Waals surface area contributed by atoms with Gasteiger partial charge in [-0.25, -0.2) is 0 Å². The van der Waals surface area contributed by atoms with Crippen LogP contribution in [0.5, 0.6) is 0 Å². The molecule has 0 spiro atoms. The smallest absolute Gasteiger partial charge is 0.0412 e. The zero-order chi connectivity index (χ0) is 15.2. The molecule has 2 unspecified atom stereocenters. The van der Waals surface area contributed by atoms with Gasteiger partial charge in [0.2, 0.25) is 0 Å². The second-order valence-corrected chi connectivity index (χ2v) is 7.38. The number of rotatable bonds is 14. The van der Waals surface area contributed by atoms with Gasteiger partial charge < -0.3 is 0 Å². The molecular formula is C20H42. The number of hydrogen-bond donors (Lipinski definition) is 0. The second kappa shape index (κ2) is 14.0. The number of unbranched alkanes of at least 4 members (excludes halogenated alkanes) is 7. The highest BCUT2D eigenvalue weighted by Gasteiger charge is 2.15. The third kappa shape index (κ3) is 11.8. The lowest BCUT2D eigenvalue weighted by Crippen LogP contribution is -2.11. The Morgan fingerprint density at radius 3 is 1.60 bits per heavy atom. The molecule has 0 rings (SSSR count). The summed E-state index contributed by atoms with van der Waals surface area (Å²) in [7, 11) is 0. The van der Waals surface area contributed by atoms with Crippen LogP contribution in [0.4, 0.5) is 0 Å². The Kier molecular flexibility index (Phi) is 14.0. The summed E-state index contributed by atoms with van der Waals surface area (Å²) < 4.78 is 0. The molecule has 122 valence electrons. The molecule has 0 heterocycles. The minimum Gasteiger partial charge on any atom is -0.0654 e. The largest absolute Gasteiger partial charge is 0.0654 e. The van der Waals surface area contributed by atoms with E-state index in [0.29, 0.717) is 0 Å². The highest BCUT2D eigenvalue weighted by molar-refractivity contribution is 4.67. The van der Waals surface area contributed by atoms with Gasteiger partial charge >= 0.3 is 0 Å². The molecule has 0 aromatic rings. The molecule has 20 heavy (non-hydrogen) atoms. The molecule has 0 saturated carbocycles. The van der Waals surface area contributed by atoms with Gasteiger partial charge in [0.05, 0.1) is 0 Å². The summed E-state index contributed by atoms with van der Waals surface area (Å²) in [6.45, 7) is 11.9. The molecule has 0 fully saturated rings. The molecule has 0 aliphatic carbocycles. The monoisotopic (exact) mass is 282 g/mol. The molecule has 0 aromatic heterocycles. The van der Waals surface area contributed by atoms with Crippen LogP contribution in [0, 0.1) is 17.8 Å². The normalized spacial score (nSPS) is 14.7. The molecule has 0 aliphatic heterocycles. The molecule has 0 saturated heterocycles. The summed E-state index contributed by atoms with van der Waals surface area (Å²) in [6, 6.07) is 0. The maximum absolute atomic E-state index is 2.46. The SMILES string of the molecule is CCCCCCCCC(CCCCC)CC(C)C(C)C. The Morgan fingerprint density at radius 1 is 0.600 bits per heavy atom. The Labute approximate surface area is 130 Å². The molecule has 0 bridgehead atoms. The molecule has 0 heteroatoms. The summed E-state index contributed by atoms with van der Waals surface area (Å²) in [5, 5.41) is 0. The summed E-state index contributed by atoms with van der Waals surface area (Å²) in [6.07, 6.45) is 17.4. The van der Waals surface area contributed by atoms with Gasteiger partial charge in [-0.05, 0) is 24.2 Å². The molecule has 0 radical (unpaired) electrons. The van der Waals surface area contributed by atoms with E-state index in [1.54, 1.807) is 0 Å². The van der Waals surface area contributed by atoms with Crippen molar-refractivity contribution in [2.75, 3.05) is 0 Å². The lowest BCUT2D eigenvalue weighted by Gasteiger charge is -2.23. The Hall–Kier alpha value is 0. The topological polar surface area (TPSA) is 0 Å². The van der Waals surface area contributed by atoms with Crippen LogP contribution in [0.3, 0.4) is 0 Å². The van der Waals surface area contributed by atoms with Crippen LogP contribution in [-0.4, -0.2) is 0 Å². The lowest BCUT2D eigenvalue weighted by atomic mass is 9.83. The van der Waals surface area contributed by atoms with Crippen molar-refractivity contribution in [1.29, 1.82) is 0 Å². The third-order valence-corrected chi connectivity index (χ3v) is 5.03. The average Bonchev–Trinajstić information content (AvgIpc) is 2.42. The van der Waals surface area contributed by atoms with Gasteiger partial charge in [0, 0.05) is 0 Å². The van der Waals surface area contributed by atoms with E-state index >= 15 is 0 Å². The standard InChI is InChI=1S/C20H42/c1-6-8-10-11-12-14-16-20(15-13-9-7-2)17-19(5)18(3)4/h18-20H,6-17H2,1-5H3. The fourth-order valence-corrected chi connectivity index (χ4v) is 3.07. The number of hydrogen-bond acceptors (Lipinski definition) is 0. The quantitative estimate of drug-likeness (QED) is 0.287. The summed E-state index contributed by atoms with van der Waals surface area (Å²) >= 11 is 0. The Balaban J connectivity index is 3.85. The van der Waals surface area contributed by atoms with Crippen molar-refractivity contribution in [2.24, 2.45) is 17.8 Å². The van der Waals surface area contributed by atoms with Crippen molar-refractivity contribution < 1.29 is 0 Å². The van der Waals surface area contributed by atoms with Crippen LogP contribution in [0.25, 0.3) is 0 Å². The first-order valence-corrected chi connectivity index (χ1v) is 9.61. The van der Waals surface area contributed by atoms with Gasteiger partial charge in [-0.2, -0.15) is 0 Å². The molecule has 0 aliphatic rings. The van der Waals surface area contributed by atoms with Crippen LogP contribution in [0.2, 0.25) is 0 Å². The average molecular weight is 283 g/mol. The molecular weight excluding hydrogens is 240 g/mol. The van der Waals surface area contributed by atoms with E-state index < -0.39 is 0 Å². The molecule has 0 N–H and O–H groups in total. The summed E-state index contributed by atoms with van der Waals surface area (Å²) in [4.78, 5) is 0. The second-order valence-electron chi connectivity index (χ2n) is 7.38. The van der Waals surface area contributed by atoms with E-state index in [9.17, 15) is 0 Å². The van der Waals surface area contributed by atoms with Crippen molar-refractivity contribution >= 4 is 0 Å². The fraction of sp³-hybridized carbons (Fsp3) is 1.00. The van der Waals surface area contributed by atoms with Crippen molar-refractivity contribution in [2.45, 2.75) is 112 Å². The van der Waals surface area contributed by atoms with Gasteiger partial charge in [0.25, 0.3) is 0 Å². The zero-order valence-corrected chi connectivity index (χ0v) is 15.2. The molecule has 0 aromatic carbocycles. The third-order valence-electron chi connectivity index (χ3n) is 5.03. The van der Waals surface area contributed by atoms with Crippen LogP contribution in [-0.2, 0) is 0 Å². The first-order valence-electron chi connectivity index (χ1n) is 9.61. The first kappa shape index (κ1) is 20.0. The minimum absolute atomic E-state index is 0.855. The maximum Gasteiger partial charge on any atom is -0.0412 e. The van der Waals surface area contributed by atoms with Crippen LogP contribution in [0.15, 0.2) is 0 Å². The molecule has 0 amide bonds. The van der Waals surface area contributed by atoms with E-state index in [0.717, 1.165) is 17.8 Å². The maximum atomic E-state index is 2.46. The van der Waals surface area contributed by atoms with E-state index in [-0.39, 0.29) is 0 Å². The van der Waals surface area contributed by atoms with E-state index in [1.807, 2.05) is 0 Å². The lowest BCUT2D eigenvalue weighted by molar-refractivity contribution is 0.283. The van der Waals surface area contributed by atoms with Gasteiger partial charge in [-0.15, -0.1) is 0 Å². The van der Waals surface area contributed by atoms with Gasteiger partial charge in [-0.3, -0.25) is 0 Å². The van der Waals surface area contributed by atoms with E-state index in [2.05, 4.69) is 34.6 Å². The molecule has 2 atom stereocenters. The highest BCUT2D eigenvalue weighted by atomic mass is 14.2.